The van der Waals surface area contributed by atoms with Crippen LogP contribution in [0.25, 0.3) is 21.3 Å². The minimum atomic E-state index is -5.10. The molecule has 0 bridgehead atoms. The summed E-state index contributed by atoms with van der Waals surface area (Å²) in [5.74, 6) is -5.56. The van der Waals surface area contributed by atoms with Crippen LogP contribution in [0, 0.1) is 18.7 Å². The third-order valence-corrected chi connectivity index (χ3v) is 17.8. The van der Waals surface area contributed by atoms with E-state index in [4.69, 9.17) is 19.7 Å². The summed E-state index contributed by atoms with van der Waals surface area (Å²) in [6, 6.07) is 14.2. The highest BCUT2D eigenvalue weighted by Gasteiger charge is 2.47. The average molecular weight is 1250 g/mol. The van der Waals surface area contributed by atoms with E-state index in [1.54, 1.807) is 29.0 Å². The second-order valence-corrected chi connectivity index (χ2v) is 25.0. The summed E-state index contributed by atoms with van der Waals surface area (Å²) in [7, 11) is -5.10. The third kappa shape index (κ3) is 15.1. The highest BCUT2D eigenvalue weighted by atomic mass is 32.1. The summed E-state index contributed by atoms with van der Waals surface area (Å²) < 4.78 is 45.2. The number of nitrogens with one attached hydrogen (secondary N) is 4. The van der Waals surface area contributed by atoms with E-state index in [0.29, 0.717) is 24.8 Å². The van der Waals surface area contributed by atoms with Gasteiger partial charge in [-0.05, 0) is 104 Å². The van der Waals surface area contributed by atoms with Crippen molar-refractivity contribution in [3.8, 4) is 22.1 Å². The number of fused-ring (bicyclic) bond motifs is 2. The van der Waals surface area contributed by atoms with Gasteiger partial charge in [0.1, 0.15) is 36.3 Å². The lowest BCUT2D eigenvalue weighted by molar-refractivity contribution is -0.145. The largest absolute Gasteiger partial charge is 0.488 e. The van der Waals surface area contributed by atoms with Crippen LogP contribution in [0.2, 0.25) is 0 Å². The molecule has 9 N–H and O–H groups in total. The van der Waals surface area contributed by atoms with Gasteiger partial charge in [-0.15, -0.1) is 11.3 Å². The number of ether oxygens (including phenoxy) is 2. The lowest BCUT2D eigenvalue weighted by Crippen LogP contribution is -2.61. The van der Waals surface area contributed by atoms with Crippen molar-refractivity contribution in [3.05, 3.63) is 118 Å². The molecule has 468 valence electrons. The van der Waals surface area contributed by atoms with Crippen molar-refractivity contribution in [3.63, 3.8) is 0 Å². The molecule has 3 aliphatic rings. The van der Waals surface area contributed by atoms with Crippen LogP contribution in [0.4, 0.5) is 4.39 Å². The number of likely N-dealkylation sites (tertiary alicyclic amines) is 1. The standard InChI is InChI=1S/C60H70FN10O15PS/c1-32(2)52(59(79)70-28-42(73)25-47(70)56(76)63-27-35-10-12-37(13-11-35)54-33(3)64-31-88-54)49-26-51(68-86-49)84-22-6-8-36-7-5-9-48(53(36)61)85-30-40(15-19-50(62)74)65-57(77)46-18-16-41-20-21-69(34(4)72)29-45(58(78)71(41)46)67-55(75)44-24-39-23-38(14-17-43(39)66-44)60(80)87(81,82)83/h5,7,9-14,17,23-24,26,31-32,40-42,45-47,52,66,73H,6,8,15-16,18-22,25,27-30H2,1-4H3,(H2,62,74)(H,63,76)(H,65,77)(H,67,75)(H2,81,82,83)/t40-,41+,42+,45-,46-,47-,52-/m0/s1. The van der Waals surface area contributed by atoms with E-state index in [1.807, 2.05) is 45.0 Å². The van der Waals surface area contributed by atoms with Gasteiger partial charge in [0.05, 0.1) is 34.8 Å². The number of aliphatic hydroxyl groups excluding tert-OH is 1. The lowest BCUT2D eigenvalue weighted by Gasteiger charge is -2.38. The maximum atomic E-state index is 16.1. The molecular weight excluding hydrogens is 1180 g/mol. The number of hydrogen-bond acceptors (Lipinski definition) is 16. The molecule has 3 aromatic carbocycles. The molecule has 25 nitrogen and oxygen atoms in total. The Labute approximate surface area is 509 Å². The number of aromatic nitrogens is 3. The minimum Gasteiger partial charge on any atom is -0.488 e. The lowest BCUT2D eigenvalue weighted by atomic mass is 9.91. The van der Waals surface area contributed by atoms with Crippen LogP contribution >= 0.6 is 18.9 Å². The van der Waals surface area contributed by atoms with E-state index in [-0.39, 0.29) is 123 Å². The maximum absolute atomic E-state index is 16.1. The number of benzene rings is 3. The number of carbonyl (C=O) groups is 8. The molecule has 0 saturated carbocycles. The molecule has 3 fully saturated rings. The zero-order chi connectivity index (χ0) is 63.1. The second kappa shape index (κ2) is 27.8. The molecule has 6 heterocycles. The first-order chi connectivity index (χ1) is 41.9. The van der Waals surface area contributed by atoms with Gasteiger partial charge in [0.2, 0.25) is 35.4 Å². The predicted molar refractivity (Wildman–Crippen MR) is 317 cm³/mol. The molecule has 0 radical (unpaired) electrons. The number of β-amino-alcohol motifs (C(OH)–C–C–N with tert-alkyl or cyclic N) is 1. The van der Waals surface area contributed by atoms with Crippen molar-refractivity contribution in [2.75, 3.05) is 32.8 Å². The molecule has 7 amide bonds. The summed E-state index contributed by atoms with van der Waals surface area (Å²) >= 11 is 1.55. The molecule has 7 atom stereocenters. The van der Waals surface area contributed by atoms with E-state index >= 15 is 4.39 Å². The maximum Gasteiger partial charge on any atom is 0.396 e. The summed E-state index contributed by atoms with van der Waals surface area (Å²) in [5, 5.41) is 23.5. The van der Waals surface area contributed by atoms with E-state index in [2.05, 4.69) is 31.1 Å². The first kappa shape index (κ1) is 64.1. The van der Waals surface area contributed by atoms with Gasteiger partial charge in [0.15, 0.2) is 17.3 Å². The zero-order valence-corrected chi connectivity index (χ0v) is 50.5. The van der Waals surface area contributed by atoms with Gasteiger partial charge >= 0.3 is 7.60 Å². The molecule has 3 saturated heterocycles. The molecule has 3 aliphatic heterocycles. The first-order valence-corrected chi connectivity index (χ1v) is 31.4. The predicted octanol–water partition coefficient (Wildman–Crippen LogP) is 4.61. The highest BCUT2D eigenvalue weighted by Crippen LogP contribution is 2.40. The quantitative estimate of drug-likeness (QED) is 0.0303. The van der Waals surface area contributed by atoms with Crippen LogP contribution in [0.1, 0.15) is 115 Å². The smallest absolute Gasteiger partial charge is 0.396 e. The normalized spacial score (nSPS) is 19.4. The molecule has 6 aromatic rings. The molecule has 3 aromatic heterocycles. The van der Waals surface area contributed by atoms with Gasteiger partial charge in [-0.1, -0.05) is 50.2 Å². The van der Waals surface area contributed by atoms with Crippen molar-refractivity contribution in [2.45, 2.75) is 128 Å². The van der Waals surface area contributed by atoms with Gasteiger partial charge in [0, 0.05) is 74.5 Å². The Hall–Kier alpha value is -8.36. The van der Waals surface area contributed by atoms with Gasteiger partial charge in [-0.25, -0.2) is 9.37 Å². The highest BCUT2D eigenvalue weighted by molar-refractivity contribution is 7.70. The van der Waals surface area contributed by atoms with Crippen molar-refractivity contribution >= 4 is 76.7 Å². The number of aryl methyl sites for hydroxylation is 2. The second-order valence-electron chi connectivity index (χ2n) is 22.7. The number of amides is 7. The number of hydrogen-bond donors (Lipinski definition) is 8. The number of nitrogens with zero attached hydrogens (tertiary/aromatic N) is 5. The number of H-pyrrole nitrogens is 1. The van der Waals surface area contributed by atoms with Crippen LogP contribution in [-0.2, 0) is 46.3 Å². The van der Waals surface area contributed by atoms with E-state index in [1.165, 1.54) is 58.0 Å². The van der Waals surface area contributed by atoms with Crippen molar-refractivity contribution < 1.29 is 76.2 Å². The summed E-state index contributed by atoms with van der Waals surface area (Å²) in [6.45, 7) is 6.84. The van der Waals surface area contributed by atoms with Crippen molar-refractivity contribution in [1.29, 1.82) is 0 Å². The number of rotatable bonds is 24. The number of thiazole rings is 1. The summed E-state index contributed by atoms with van der Waals surface area (Å²) in [6.07, 6.45) is 0.373. The van der Waals surface area contributed by atoms with Crippen LogP contribution < -0.4 is 31.2 Å². The average Bonchev–Trinajstić information content (AvgIpc) is 2.85. The van der Waals surface area contributed by atoms with E-state index in [0.717, 1.165) is 21.7 Å². The fraction of sp³-hybridized carbons (Fsp3) is 0.433. The van der Waals surface area contributed by atoms with Crippen LogP contribution in [-0.4, -0.2) is 161 Å². The number of halogens is 1. The molecule has 0 spiro atoms. The van der Waals surface area contributed by atoms with Crippen LogP contribution in [0.15, 0.2) is 82.8 Å². The Balaban J connectivity index is 0.785. The molecule has 28 heteroatoms. The molecular formula is C60H70FN10O15PS. The topological polar surface area (TPSA) is 359 Å². The Kier molecular flexibility index (Phi) is 20.2. The Morgan fingerprint density at radius 3 is 2.44 bits per heavy atom. The monoisotopic (exact) mass is 1250 g/mol. The first-order valence-electron chi connectivity index (χ1n) is 28.9. The van der Waals surface area contributed by atoms with Crippen molar-refractivity contribution in [1.82, 2.24) is 45.8 Å². The molecule has 0 unspecified atom stereocenters. The van der Waals surface area contributed by atoms with Gasteiger partial charge in [0.25, 0.3) is 17.3 Å². The summed E-state index contributed by atoms with van der Waals surface area (Å²) in [4.78, 5) is 139. The number of aromatic amines is 1. The van der Waals surface area contributed by atoms with Crippen LogP contribution in [0.3, 0.4) is 0 Å². The Morgan fingerprint density at radius 1 is 0.966 bits per heavy atom. The fourth-order valence-corrected chi connectivity index (χ4v) is 12.8. The fourth-order valence-electron chi connectivity index (χ4n) is 11.5. The van der Waals surface area contributed by atoms with Gasteiger partial charge in [-0.2, -0.15) is 0 Å². The number of primary amides is 1. The molecule has 88 heavy (non-hydrogen) atoms. The molecule has 9 rings (SSSR count). The molecule has 0 aliphatic carbocycles. The van der Waals surface area contributed by atoms with Gasteiger partial charge < -0.3 is 70.3 Å². The minimum absolute atomic E-state index is 0.00397. The van der Waals surface area contributed by atoms with E-state index in [9.17, 15) is 57.8 Å². The Morgan fingerprint density at radius 2 is 1.74 bits per heavy atom. The van der Waals surface area contributed by atoms with E-state index < -0.39 is 96.6 Å². The van der Waals surface area contributed by atoms with Gasteiger partial charge in [-0.3, -0.25) is 42.9 Å². The SMILES string of the molecule is CC(=O)N1CC[C@H]2CC[C@@H](C(=O)N[C@@H](CCC(N)=O)COc3cccc(CCCOc4cc([C@@H](C(=O)N5C[C@H](O)C[C@H]5C(=O)NCc5ccc(-c6scnc6C)cc5)C(C)C)on4)c3F)N2C(=O)[C@@H](NC(=O)c2cc3cc(C(=O)P(=O)(O)O)ccc3[nH]2)C1. The summed E-state index contributed by atoms with van der Waals surface area (Å²) in [5.41, 5.74) is 9.00. The zero-order valence-electron chi connectivity index (χ0n) is 48.8. The number of nitrogens with two attached hydrogens (primary N) is 1. The van der Waals surface area contributed by atoms with Crippen LogP contribution in [0.5, 0.6) is 11.6 Å². The number of aliphatic hydroxyl groups is 1. The number of carbonyl (C=O) groups excluding carboxylic acids is 8. The Bertz CT molecular complexity index is 3640. The third-order valence-electron chi connectivity index (χ3n) is 16.1. The van der Waals surface area contributed by atoms with Crippen molar-refractivity contribution in [2.24, 2.45) is 11.7 Å².